The highest BCUT2D eigenvalue weighted by Gasteiger charge is 2.15. The van der Waals surface area contributed by atoms with Crippen molar-refractivity contribution in [1.29, 1.82) is 0 Å². The van der Waals surface area contributed by atoms with Crippen LogP contribution in [-0.4, -0.2) is 28.5 Å². The van der Waals surface area contributed by atoms with E-state index in [1.54, 1.807) is 7.11 Å². The molecule has 0 radical (unpaired) electrons. The highest BCUT2D eigenvalue weighted by Crippen LogP contribution is 2.24. The van der Waals surface area contributed by atoms with Crippen molar-refractivity contribution in [3.63, 3.8) is 0 Å². The Labute approximate surface area is 131 Å². The molecule has 1 aromatic carbocycles. The summed E-state index contributed by atoms with van der Waals surface area (Å²) in [6.07, 6.45) is 3.28. The summed E-state index contributed by atoms with van der Waals surface area (Å²) in [6.45, 7) is 7.47. The molecule has 0 aliphatic rings. The Morgan fingerprint density at radius 3 is 2.68 bits per heavy atom. The molecule has 2 N–H and O–H groups in total. The molecule has 1 atom stereocenters. The van der Waals surface area contributed by atoms with Gasteiger partial charge in [0, 0.05) is 30.4 Å². The van der Waals surface area contributed by atoms with Crippen LogP contribution in [0, 0.1) is 0 Å². The van der Waals surface area contributed by atoms with Gasteiger partial charge in [0.2, 0.25) is 0 Å². The fourth-order valence-corrected chi connectivity index (χ4v) is 2.22. The van der Waals surface area contributed by atoms with Gasteiger partial charge in [-0.25, -0.2) is 0 Å². The third-order valence-electron chi connectivity index (χ3n) is 3.49. The van der Waals surface area contributed by atoms with Gasteiger partial charge >= 0.3 is 0 Å². The second-order valence-electron chi connectivity index (χ2n) is 6.35. The Balaban J connectivity index is 1.89. The van der Waals surface area contributed by atoms with Crippen LogP contribution in [0.2, 0.25) is 0 Å². The molecule has 2 rings (SSSR count). The molecule has 120 valence electrons. The first-order valence-corrected chi connectivity index (χ1v) is 7.47. The second kappa shape index (κ2) is 6.94. The fourth-order valence-electron chi connectivity index (χ4n) is 2.22. The lowest BCUT2D eigenvalue weighted by Crippen LogP contribution is -2.23. The molecular weight excluding hydrogens is 278 g/mol. The number of benzene rings is 1. The molecule has 5 nitrogen and oxygen atoms in total. The van der Waals surface area contributed by atoms with Crippen LogP contribution in [-0.2, 0) is 12.1 Å². The molecule has 5 heteroatoms. The molecule has 0 spiro atoms. The quantitative estimate of drug-likeness (QED) is 0.860. The van der Waals surface area contributed by atoms with Crippen LogP contribution in [0.1, 0.15) is 38.0 Å². The Hall–Kier alpha value is -1.85. The Morgan fingerprint density at radius 2 is 2.05 bits per heavy atom. The van der Waals surface area contributed by atoms with Crippen molar-refractivity contribution >= 4 is 0 Å². The minimum absolute atomic E-state index is 0.0187. The van der Waals surface area contributed by atoms with Crippen molar-refractivity contribution in [3.05, 3.63) is 47.8 Å². The number of aromatic nitrogens is 2. The van der Waals surface area contributed by atoms with Crippen molar-refractivity contribution in [2.45, 2.75) is 39.0 Å². The van der Waals surface area contributed by atoms with Crippen LogP contribution in [0.5, 0.6) is 5.75 Å². The summed E-state index contributed by atoms with van der Waals surface area (Å²) in [5.74, 6) is 0.706. The van der Waals surface area contributed by atoms with Gasteiger partial charge in [-0.3, -0.25) is 4.68 Å². The van der Waals surface area contributed by atoms with Gasteiger partial charge in [0.15, 0.2) is 0 Å². The maximum absolute atomic E-state index is 10.3. The maximum Gasteiger partial charge on any atom is 0.124 e. The van der Waals surface area contributed by atoms with E-state index in [4.69, 9.17) is 4.74 Å². The van der Waals surface area contributed by atoms with E-state index in [0.29, 0.717) is 18.8 Å². The van der Waals surface area contributed by atoms with Crippen LogP contribution in [0.25, 0.3) is 0 Å². The number of rotatable bonds is 6. The van der Waals surface area contributed by atoms with Crippen molar-refractivity contribution in [2.75, 3.05) is 13.7 Å². The van der Waals surface area contributed by atoms with E-state index in [9.17, 15) is 5.11 Å². The smallest absolute Gasteiger partial charge is 0.124 e. The molecule has 0 saturated carbocycles. The highest BCUT2D eigenvalue weighted by atomic mass is 16.5. The lowest BCUT2D eigenvalue weighted by Gasteiger charge is -2.18. The number of hydrogen-bond donors (Lipinski definition) is 2. The molecule has 0 amide bonds. The number of aliphatic hydroxyl groups is 1. The van der Waals surface area contributed by atoms with Gasteiger partial charge in [0.25, 0.3) is 0 Å². The number of aliphatic hydroxyl groups excluding tert-OH is 1. The molecule has 0 unspecified atom stereocenters. The average molecular weight is 303 g/mol. The minimum Gasteiger partial charge on any atom is -0.496 e. The van der Waals surface area contributed by atoms with E-state index in [0.717, 1.165) is 11.1 Å². The lowest BCUT2D eigenvalue weighted by molar-refractivity contribution is 0.170. The molecule has 1 aromatic heterocycles. The van der Waals surface area contributed by atoms with Crippen molar-refractivity contribution in [3.8, 4) is 5.75 Å². The van der Waals surface area contributed by atoms with E-state index in [1.165, 1.54) is 0 Å². The average Bonchev–Trinajstić information content (AvgIpc) is 2.96. The minimum atomic E-state index is -0.603. The molecule has 0 saturated heterocycles. The van der Waals surface area contributed by atoms with Gasteiger partial charge in [0.05, 0.1) is 24.9 Å². The number of hydrogen-bond acceptors (Lipinski definition) is 4. The zero-order valence-electron chi connectivity index (χ0n) is 13.7. The zero-order valence-corrected chi connectivity index (χ0v) is 13.7. The summed E-state index contributed by atoms with van der Waals surface area (Å²) in [7, 11) is 1.61. The summed E-state index contributed by atoms with van der Waals surface area (Å²) in [4.78, 5) is 0. The standard InChI is InChI=1S/C17H25N3O2/c1-17(2,3)20-12-13(10-19-20)9-18-11-15(21)14-7-5-6-8-16(14)22-4/h5-8,10,12,15,18,21H,9,11H2,1-4H3/t15-/m1/s1. The number of ether oxygens (including phenoxy) is 1. The van der Waals surface area contributed by atoms with Crippen LogP contribution >= 0.6 is 0 Å². The number of methoxy groups -OCH3 is 1. The molecule has 0 aliphatic heterocycles. The number of para-hydroxylation sites is 1. The molecule has 0 aliphatic carbocycles. The zero-order chi connectivity index (χ0) is 16.2. The summed E-state index contributed by atoms with van der Waals surface area (Å²) < 4.78 is 7.22. The van der Waals surface area contributed by atoms with Gasteiger partial charge < -0.3 is 15.2 Å². The van der Waals surface area contributed by atoms with Gasteiger partial charge in [-0.15, -0.1) is 0 Å². The summed E-state index contributed by atoms with van der Waals surface area (Å²) in [5.41, 5.74) is 1.87. The Kier molecular flexibility index (Phi) is 5.21. The van der Waals surface area contributed by atoms with Gasteiger partial charge in [-0.2, -0.15) is 5.10 Å². The first-order chi connectivity index (χ1) is 10.4. The van der Waals surface area contributed by atoms with E-state index in [2.05, 4.69) is 31.2 Å². The molecule has 0 fully saturated rings. The molecule has 1 heterocycles. The second-order valence-corrected chi connectivity index (χ2v) is 6.35. The van der Waals surface area contributed by atoms with Crippen LogP contribution in [0.15, 0.2) is 36.7 Å². The van der Waals surface area contributed by atoms with E-state index in [1.807, 2.05) is 41.3 Å². The Bertz CT molecular complexity index is 602. The van der Waals surface area contributed by atoms with Gasteiger partial charge in [0.1, 0.15) is 5.75 Å². The summed E-state index contributed by atoms with van der Waals surface area (Å²) >= 11 is 0. The van der Waals surface area contributed by atoms with Crippen molar-refractivity contribution in [1.82, 2.24) is 15.1 Å². The van der Waals surface area contributed by atoms with Gasteiger partial charge in [-0.05, 0) is 26.8 Å². The summed E-state index contributed by atoms with van der Waals surface area (Å²) in [6, 6.07) is 7.52. The van der Waals surface area contributed by atoms with E-state index in [-0.39, 0.29) is 5.54 Å². The van der Waals surface area contributed by atoms with Crippen LogP contribution in [0.4, 0.5) is 0 Å². The van der Waals surface area contributed by atoms with Crippen molar-refractivity contribution < 1.29 is 9.84 Å². The van der Waals surface area contributed by atoms with E-state index < -0.39 is 6.10 Å². The van der Waals surface area contributed by atoms with E-state index >= 15 is 0 Å². The third kappa shape index (κ3) is 4.08. The van der Waals surface area contributed by atoms with Crippen LogP contribution in [0.3, 0.4) is 0 Å². The predicted octanol–water partition coefficient (Wildman–Crippen LogP) is 2.47. The Morgan fingerprint density at radius 1 is 1.32 bits per heavy atom. The fraction of sp³-hybridized carbons (Fsp3) is 0.471. The number of nitrogens with one attached hydrogen (secondary N) is 1. The topological polar surface area (TPSA) is 59.3 Å². The molecule has 0 bridgehead atoms. The number of nitrogens with zero attached hydrogens (tertiary/aromatic N) is 2. The monoisotopic (exact) mass is 303 g/mol. The first-order valence-electron chi connectivity index (χ1n) is 7.47. The third-order valence-corrected chi connectivity index (χ3v) is 3.49. The first kappa shape index (κ1) is 16.5. The van der Waals surface area contributed by atoms with Crippen molar-refractivity contribution in [2.24, 2.45) is 0 Å². The molecule has 22 heavy (non-hydrogen) atoms. The summed E-state index contributed by atoms with van der Waals surface area (Å²) in [5, 5.41) is 17.9. The predicted molar refractivity (Wildman–Crippen MR) is 86.9 cm³/mol. The van der Waals surface area contributed by atoms with Gasteiger partial charge in [-0.1, -0.05) is 18.2 Å². The largest absolute Gasteiger partial charge is 0.496 e. The van der Waals surface area contributed by atoms with Crippen LogP contribution < -0.4 is 10.1 Å². The maximum atomic E-state index is 10.3. The highest BCUT2D eigenvalue weighted by molar-refractivity contribution is 5.35. The normalized spacial score (nSPS) is 13.1. The SMILES string of the molecule is COc1ccccc1[C@H](O)CNCc1cnn(C(C)(C)C)c1. The molecule has 2 aromatic rings. The molecular formula is C17H25N3O2. The lowest BCUT2D eigenvalue weighted by atomic mass is 10.1.